The van der Waals surface area contributed by atoms with E-state index in [-0.39, 0.29) is 12.1 Å². The van der Waals surface area contributed by atoms with E-state index < -0.39 is 5.97 Å². The summed E-state index contributed by atoms with van der Waals surface area (Å²) in [6.45, 7) is 0. The SMILES string of the molecule is N#Cc1cc(CC(=O)O)ccn1. The number of nitrogens with zero attached hydrogens (tertiary/aromatic N) is 2. The van der Waals surface area contributed by atoms with Crippen LogP contribution in [0.5, 0.6) is 0 Å². The monoisotopic (exact) mass is 162 g/mol. The first-order valence-electron chi connectivity index (χ1n) is 3.29. The summed E-state index contributed by atoms with van der Waals surface area (Å²) in [5.74, 6) is -0.912. The number of nitriles is 1. The third kappa shape index (κ3) is 2.06. The van der Waals surface area contributed by atoms with Crippen molar-refractivity contribution in [1.29, 1.82) is 5.26 Å². The number of hydrogen-bond donors (Lipinski definition) is 1. The Labute approximate surface area is 69.1 Å². The van der Waals surface area contributed by atoms with Crippen LogP contribution in [0.2, 0.25) is 0 Å². The fourth-order valence-corrected chi connectivity index (χ4v) is 0.820. The van der Waals surface area contributed by atoms with E-state index in [0.29, 0.717) is 5.56 Å². The summed E-state index contributed by atoms with van der Waals surface area (Å²) in [4.78, 5) is 14.0. The minimum Gasteiger partial charge on any atom is -0.481 e. The van der Waals surface area contributed by atoms with Crippen molar-refractivity contribution in [3.05, 3.63) is 29.6 Å². The highest BCUT2D eigenvalue weighted by Gasteiger charge is 2.00. The average Bonchev–Trinajstić information content (AvgIpc) is 2.03. The van der Waals surface area contributed by atoms with E-state index in [4.69, 9.17) is 10.4 Å². The molecule has 0 amide bonds. The Morgan fingerprint density at radius 2 is 2.50 bits per heavy atom. The molecule has 1 rings (SSSR count). The van der Waals surface area contributed by atoms with Gasteiger partial charge in [0.2, 0.25) is 0 Å². The van der Waals surface area contributed by atoms with Crippen LogP contribution >= 0.6 is 0 Å². The topological polar surface area (TPSA) is 74.0 Å². The Hall–Kier alpha value is -1.89. The molecule has 0 aliphatic heterocycles. The minimum atomic E-state index is -0.912. The molecule has 0 aromatic carbocycles. The van der Waals surface area contributed by atoms with Crippen LogP contribution in [0, 0.1) is 11.3 Å². The number of hydrogen-bond acceptors (Lipinski definition) is 3. The van der Waals surface area contributed by atoms with Crippen molar-refractivity contribution < 1.29 is 9.90 Å². The number of pyridine rings is 1. The Kier molecular flexibility index (Phi) is 2.38. The molecule has 1 aromatic rings. The van der Waals surface area contributed by atoms with Crippen LogP contribution in [0.15, 0.2) is 18.3 Å². The van der Waals surface area contributed by atoms with Gasteiger partial charge in [-0.1, -0.05) is 0 Å². The first-order chi connectivity index (χ1) is 5.72. The van der Waals surface area contributed by atoms with Gasteiger partial charge in [-0.25, -0.2) is 4.98 Å². The van der Waals surface area contributed by atoms with Gasteiger partial charge < -0.3 is 5.11 Å². The van der Waals surface area contributed by atoms with Crippen LogP contribution in [0.3, 0.4) is 0 Å². The molecule has 0 radical (unpaired) electrons. The average molecular weight is 162 g/mol. The first-order valence-corrected chi connectivity index (χ1v) is 3.29. The lowest BCUT2D eigenvalue weighted by atomic mass is 10.2. The van der Waals surface area contributed by atoms with Crippen LogP contribution in [0.4, 0.5) is 0 Å². The summed E-state index contributed by atoms with van der Waals surface area (Å²) >= 11 is 0. The third-order valence-corrected chi connectivity index (χ3v) is 1.29. The molecule has 1 aromatic heterocycles. The maximum atomic E-state index is 10.3. The van der Waals surface area contributed by atoms with Gasteiger partial charge in [0.15, 0.2) is 0 Å². The van der Waals surface area contributed by atoms with Crippen LogP contribution in [-0.2, 0) is 11.2 Å². The Bertz CT molecular complexity index is 341. The van der Waals surface area contributed by atoms with Crippen molar-refractivity contribution in [3.8, 4) is 6.07 Å². The van der Waals surface area contributed by atoms with E-state index >= 15 is 0 Å². The van der Waals surface area contributed by atoms with E-state index in [1.807, 2.05) is 6.07 Å². The van der Waals surface area contributed by atoms with Crippen LogP contribution in [0.1, 0.15) is 11.3 Å². The predicted octanol–water partition coefficient (Wildman–Crippen LogP) is 0.580. The maximum Gasteiger partial charge on any atom is 0.307 e. The van der Waals surface area contributed by atoms with Crippen LogP contribution in [-0.4, -0.2) is 16.1 Å². The fraction of sp³-hybridized carbons (Fsp3) is 0.125. The van der Waals surface area contributed by atoms with Gasteiger partial charge in [0.25, 0.3) is 0 Å². The molecule has 0 unspecified atom stereocenters. The normalized spacial score (nSPS) is 8.92. The van der Waals surface area contributed by atoms with Gasteiger partial charge in [-0.15, -0.1) is 0 Å². The molecule has 4 nitrogen and oxygen atoms in total. The van der Waals surface area contributed by atoms with Crippen molar-refractivity contribution in [2.75, 3.05) is 0 Å². The molecule has 0 fully saturated rings. The number of carboxylic acid groups (broad SMARTS) is 1. The van der Waals surface area contributed by atoms with Gasteiger partial charge in [0.05, 0.1) is 6.42 Å². The van der Waals surface area contributed by atoms with Crippen molar-refractivity contribution >= 4 is 5.97 Å². The molecule has 0 saturated carbocycles. The fourth-order valence-electron chi connectivity index (χ4n) is 0.820. The predicted molar refractivity (Wildman–Crippen MR) is 40.3 cm³/mol. The van der Waals surface area contributed by atoms with Gasteiger partial charge in [0.1, 0.15) is 11.8 Å². The zero-order valence-corrected chi connectivity index (χ0v) is 6.19. The number of carboxylic acids is 1. The molecular formula is C8H6N2O2. The lowest BCUT2D eigenvalue weighted by Crippen LogP contribution is -2.00. The van der Waals surface area contributed by atoms with Gasteiger partial charge in [-0.05, 0) is 17.7 Å². The second-order valence-corrected chi connectivity index (χ2v) is 2.23. The zero-order chi connectivity index (χ0) is 8.97. The summed E-state index contributed by atoms with van der Waals surface area (Å²) in [7, 11) is 0. The van der Waals surface area contributed by atoms with Gasteiger partial charge >= 0.3 is 5.97 Å². The van der Waals surface area contributed by atoms with Gasteiger partial charge in [0, 0.05) is 6.20 Å². The van der Waals surface area contributed by atoms with Crippen LogP contribution < -0.4 is 0 Å². The second kappa shape index (κ2) is 3.49. The minimum absolute atomic E-state index is 0.0722. The van der Waals surface area contributed by atoms with E-state index in [1.165, 1.54) is 12.3 Å². The molecule has 1 N–H and O–H groups in total. The summed E-state index contributed by atoms with van der Waals surface area (Å²) in [5.41, 5.74) is 0.836. The molecule has 0 bridgehead atoms. The number of carbonyl (C=O) groups is 1. The standard InChI is InChI=1S/C8H6N2O2/c9-5-7-3-6(1-2-10-7)4-8(11)12/h1-3H,4H2,(H,11,12). The van der Waals surface area contributed by atoms with Crippen molar-refractivity contribution in [2.45, 2.75) is 6.42 Å². The third-order valence-electron chi connectivity index (χ3n) is 1.29. The molecular weight excluding hydrogens is 156 g/mol. The summed E-state index contributed by atoms with van der Waals surface area (Å²) < 4.78 is 0. The Morgan fingerprint density at radius 3 is 3.08 bits per heavy atom. The molecule has 0 aliphatic carbocycles. The van der Waals surface area contributed by atoms with Crippen LogP contribution in [0.25, 0.3) is 0 Å². The first kappa shape index (κ1) is 8.21. The zero-order valence-electron chi connectivity index (χ0n) is 6.19. The molecule has 4 heteroatoms. The molecule has 0 atom stereocenters. The molecule has 12 heavy (non-hydrogen) atoms. The molecule has 60 valence electrons. The molecule has 0 spiro atoms. The highest BCUT2D eigenvalue weighted by Crippen LogP contribution is 2.01. The Morgan fingerprint density at radius 1 is 1.75 bits per heavy atom. The van der Waals surface area contributed by atoms with Crippen molar-refractivity contribution in [1.82, 2.24) is 4.98 Å². The lowest BCUT2D eigenvalue weighted by Gasteiger charge is -1.94. The summed E-state index contributed by atoms with van der Waals surface area (Å²) in [5, 5.41) is 16.9. The lowest BCUT2D eigenvalue weighted by molar-refractivity contribution is -0.136. The molecule has 0 aliphatic rings. The number of rotatable bonds is 2. The van der Waals surface area contributed by atoms with Crippen molar-refractivity contribution in [2.24, 2.45) is 0 Å². The smallest absolute Gasteiger partial charge is 0.307 e. The van der Waals surface area contributed by atoms with E-state index in [0.717, 1.165) is 0 Å². The summed E-state index contributed by atoms with van der Waals surface area (Å²) in [6.07, 6.45) is 1.36. The van der Waals surface area contributed by atoms with Gasteiger partial charge in [-0.2, -0.15) is 5.26 Å². The largest absolute Gasteiger partial charge is 0.481 e. The molecule has 1 heterocycles. The highest BCUT2D eigenvalue weighted by atomic mass is 16.4. The van der Waals surface area contributed by atoms with E-state index in [1.54, 1.807) is 6.07 Å². The Balaban J connectivity index is 2.88. The number of aliphatic carboxylic acids is 1. The summed E-state index contributed by atoms with van der Waals surface area (Å²) in [6, 6.07) is 4.88. The molecule has 0 saturated heterocycles. The van der Waals surface area contributed by atoms with E-state index in [2.05, 4.69) is 4.98 Å². The van der Waals surface area contributed by atoms with E-state index in [9.17, 15) is 4.79 Å². The maximum absolute atomic E-state index is 10.3. The van der Waals surface area contributed by atoms with Gasteiger partial charge in [-0.3, -0.25) is 4.79 Å². The highest BCUT2D eigenvalue weighted by molar-refractivity contribution is 5.70. The second-order valence-electron chi connectivity index (χ2n) is 2.23. The number of aromatic nitrogens is 1. The van der Waals surface area contributed by atoms with Crippen molar-refractivity contribution in [3.63, 3.8) is 0 Å². The quantitative estimate of drug-likeness (QED) is 0.690.